The third kappa shape index (κ3) is 3.48. The molecule has 1 spiro atoms. The maximum absolute atomic E-state index is 6.29. The van der Waals surface area contributed by atoms with Crippen molar-refractivity contribution in [3.8, 4) is 5.75 Å². The van der Waals surface area contributed by atoms with E-state index in [-0.39, 0.29) is 5.41 Å². The van der Waals surface area contributed by atoms with E-state index >= 15 is 0 Å². The minimum absolute atomic E-state index is 0.278. The van der Waals surface area contributed by atoms with Gasteiger partial charge in [-0.05, 0) is 74.7 Å². The molecule has 0 aromatic heterocycles. The minimum atomic E-state index is 0.278. The van der Waals surface area contributed by atoms with Crippen LogP contribution in [0.4, 0.5) is 0 Å². The molecule has 2 aliphatic heterocycles. The van der Waals surface area contributed by atoms with Crippen LogP contribution in [0.15, 0.2) is 30.4 Å². The molecule has 1 aliphatic carbocycles. The number of benzene rings is 1. The fourth-order valence-electron chi connectivity index (χ4n) is 5.08. The molecule has 0 saturated carbocycles. The first-order chi connectivity index (χ1) is 12.1. The normalized spacial score (nSPS) is 31.6. The van der Waals surface area contributed by atoms with Crippen LogP contribution >= 0.6 is 11.6 Å². The van der Waals surface area contributed by atoms with Crippen LogP contribution in [0, 0.1) is 17.8 Å². The summed E-state index contributed by atoms with van der Waals surface area (Å²) in [5.74, 6) is 3.32. The van der Waals surface area contributed by atoms with E-state index in [2.05, 4.69) is 43.0 Å². The van der Waals surface area contributed by atoms with Gasteiger partial charge in [0, 0.05) is 22.5 Å². The van der Waals surface area contributed by atoms with Crippen LogP contribution in [0.2, 0.25) is 5.02 Å². The molecule has 0 bridgehead atoms. The van der Waals surface area contributed by atoms with Crippen LogP contribution in [0.5, 0.6) is 5.75 Å². The van der Waals surface area contributed by atoms with Gasteiger partial charge in [-0.25, -0.2) is 0 Å². The summed E-state index contributed by atoms with van der Waals surface area (Å²) < 4.78 is 5.90. The van der Waals surface area contributed by atoms with Crippen molar-refractivity contribution in [2.24, 2.45) is 17.8 Å². The van der Waals surface area contributed by atoms with E-state index in [4.69, 9.17) is 16.3 Å². The van der Waals surface area contributed by atoms with Gasteiger partial charge in [0.15, 0.2) is 0 Å². The standard InChI is InChI=1S/C22H30ClNO/c1-16-3-4-17(2)18(13-16)15-24-10-7-22(8-11-24)9-12-25-21-6-5-19(23)14-20(21)22/h3-6,14,16-18H,7-13,15H2,1-2H3/t16-,17+,18-/m0/s1. The number of ether oxygens (including phenoxy) is 1. The van der Waals surface area contributed by atoms with E-state index < -0.39 is 0 Å². The zero-order chi connectivity index (χ0) is 17.4. The fourth-order valence-corrected chi connectivity index (χ4v) is 5.25. The van der Waals surface area contributed by atoms with E-state index in [1.54, 1.807) is 0 Å². The molecule has 3 heteroatoms. The Morgan fingerprint density at radius 3 is 2.76 bits per heavy atom. The number of fused-ring (bicyclic) bond motifs is 2. The van der Waals surface area contributed by atoms with Crippen molar-refractivity contribution in [2.45, 2.75) is 44.9 Å². The summed E-state index contributed by atoms with van der Waals surface area (Å²) in [5.41, 5.74) is 1.63. The van der Waals surface area contributed by atoms with Gasteiger partial charge in [-0.15, -0.1) is 0 Å². The molecule has 3 aliphatic rings. The van der Waals surface area contributed by atoms with Gasteiger partial charge >= 0.3 is 0 Å². The van der Waals surface area contributed by atoms with Crippen molar-refractivity contribution < 1.29 is 4.74 Å². The fraction of sp³-hybridized carbons (Fsp3) is 0.636. The zero-order valence-electron chi connectivity index (χ0n) is 15.5. The van der Waals surface area contributed by atoms with Crippen LogP contribution < -0.4 is 4.74 Å². The Morgan fingerprint density at radius 2 is 1.96 bits per heavy atom. The van der Waals surface area contributed by atoms with E-state index in [1.807, 2.05) is 6.07 Å². The maximum Gasteiger partial charge on any atom is 0.123 e. The monoisotopic (exact) mass is 359 g/mol. The highest BCUT2D eigenvalue weighted by Gasteiger charge is 2.41. The van der Waals surface area contributed by atoms with Crippen molar-refractivity contribution in [2.75, 3.05) is 26.2 Å². The Hall–Kier alpha value is -0.990. The maximum atomic E-state index is 6.29. The Bertz CT molecular complexity index is 647. The van der Waals surface area contributed by atoms with E-state index in [9.17, 15) is 0 Å². The van der Waals surface area contributed by atoms with E-state index in [0.29, 0.717) is 0 Å². The van der Waals surface area contributed by atoms with Gasteiger partial charge in [-0.3, -0.25) is 0 Å². The predicted molar refractivity (Wildman–Crippen MR) is 104 cm³/mol. The smallest absolute Gasteiger partial charge is 0.123 e. The van der Waals surface area contributed by atoms with Gasteiger partial charge in [0.1, 0.15) is 5.75 Å². The quantitative estimate of drug-likeness (QED) is 0.664. The van der Waals surface area contributed by atoms with Gasteiger partial charge in [-0.1, -0.05) is 37.6 Å². The lowest BCUT2D eigenvalue weighted by molar-refractivity contribution is 0.0956. The molecule has 1 saturated heterocycles. The van der Waals surface area contributed by atoms with Crippen molar-refractivity contribution >= 4 is 11.6 Å². The Kier molecular flexibility index (Phi) is 4.85. The van der Waals surface area contributed by atoms with Crippen molar-refractivity contribution in [1.82, 2.24) is 4.90 Å². The molecule has 3 atom stereocenters. The highest BCUT2D eigenvalue weighted by atomic mass is 35.5. The molecule has 1 aromatic rings. The van der Waals surface area contributed by atoms with Crippen LogP contribution in [-0.2, 0) is 5.41 Å². The average Bonchev–Trinajstić information content (AvgIpc) is 2.61. The highest BCUT2D eigenvalue weighted by molar-refractivity contribution is 6.30. The first-order valence-electron chi connectivity index (χ1n) is 9.89. The number of hydrogen-bond acceptors (Lipinski definition) is 2. The van der Waals surface area contributed by atoms with Crippen LogP contribution in [0.3, 0.4) is 0 Å². The lowest BCUT2D eigenvalue weighted by Gasteiger charge is -2.46. The number of hydrogen-bond donors (Lipinski definition) is 0. The molecule has 2 heterocycles. The van der Waals surface area contributed by atoms with Gasteiger partial charge in [-0.2, -0.15) is 0 Å². The van der Waals surface area contributed by atoms with Gasteiger partial charge in [0.2, 0.25) is 0 Å². The Balaban J connectivity index is 1.44. The Labute approximate surface area is 157 Å². The first-order valence-corrected chi connectivity index (χ1v) is 10.3. The first kappa shape index (κ1) is 17.4. The SMILES string of the molecule is C[C@@H]1C=C[C@H](C)C[C@H]1CN1CCC2(CCOc3ccc(Cl)cc32)CC1. The predicted octanol–water partition coefficient (Wildman–Crippen LogP) is 5.30. The largest absolute Gasteiger partial charge is 0.493 e. The number of likely N-dealkylation sites (tertiary alicyclic amines) is 1. The second-order valence-corrected chi connectivity index (χ2v) is 8.97. The molecule has 136 valence electrons. The number of piperidine rings is 1. The van der Waals surface area contributed by atoms with Gasteiger partial charge in [0.25, 0.3) is 0 Å². The van der Waals surface area contributed by atoms with Crippen LogP contribution in [-0.4, -0.2) is 31.1 Å². The lowest BCUT2D eigenvalue weighted by Crippen LogP contribution is -2.47. The van der Waals surface area contributed by atoms with Crippen LogP contribution in [0.1, 0.15) is 45.1 Å². The van der Waals surface area contributed by atoms with Crippen LogP contribution in [0.25, 0.3) is 0 Å². The van der Waals surface area contributed by atoms with Crippen molar-refractivity contribution in [3.05, 3.63) is 40.9 Å². The summed E-state index contributed by atoms with van der Waals surface area (Å²) in [6, 6.07) is 6.16. The summed E-state index contributed by atoms with van der Waals surface area (Å²) in [7, 11) is 0. The number of halogens is 1. The molecule has 2 nitrogen and oxygen atoms in total. The minimum Gasteiger partial charge on any atom is -0.493 e. The number of rotatable bonds is 2. The molecular formula is C22H30ClNO. The summed E-state index contributed by atoms with van der Waals surface area (Å²) in [4.78, 5) is 2.71. The summed E-state index contributed by atoms with van der Waals surface area (Å²) in [6.07, 6.45) is 9.77. The van der Waals surface area contributed by atoms with Gasteiger partial charge in [0.05, 0.1) is 6.61 Å². The third-order valence-electron chi connectivity index (χ3n) is 6.82. The molecule has 25 heavy (non-hydrogen) atoms. The third-order valence-corrected chi connectivity index (χ3v) is 7.05. The molecule has 0 amide bonds. The average molecular weight is 360 g/mol. The molecule has 0 unspecified atom stereocenters. The molecular weight excluding hydrogens is 330 g/mol. The molecule has 0 radical (unpaired) electrons. The summed E-state index contributed by atoms with van der Waals surface area (Å²) >= 11 is 6.29. The van der Waals surface area contributed by atoms with E-state index in [0.717, 1.165) is 41.6 Å². The molecule has 1 fully saturated rings. The van der Waals surface area contributed by atoms with Gasteiger partial charge < -0.3 is 9.64 Å². The summed E-state index contributed by atoms with van der Waals surface area (Å²) in [6.45, 7) is 9.24. The molecule has 1 aromatic carbocycles. The molecule has 4 rings (SSSR count). The highest BCUT2D eigenvalue weighted by Crippen LogP contribution is 2.46. The zero-order valence-corrected chi connectivity index (χ0v) is 16.3. The van der Waals surface area contributed by atoms with Crippen molar-refractivity contribution in [3.63, 3.8) is 0 Å². The number of allylic oxidation sites excluding steroid dienone is 2. The van der Waals surface area contributed by atoms with Crippen molar-refractivity contribution in [1.29, 1.82) is 0 Å². The molecule has 0 N–H and O–H groups in total. The number of nitrogens with zero attached hydrogens (tertiary/aromatic N) is 1. The topological polar surface area (TPSA) is 12.5 Å². The lowest BCUT2D eigenvalue weighted by atomic mass is 9.69. The summed E-state index contributed by atoms with van der Waals surface area (Å²) in [5, 5.41) is 0.836. The second kappa shape index (κ2) is 6.96. The second-order valence-electron chi connectivity index (χ2n) is 8.54. The van der Waals surface area contributed by atoms with E-state index in [1.165, 1.54) is 44.5 Å². The Morgan fingerprint density at radius 1 is 1.16 bits per heavy atom.